The van der Waals surface area contributed by atoms with Crippen LogP contribution < -0.4 is 10.1 Å². The lowest BCUT2D eigenvalue weighted by Gasteiger charge is -2.13. The molecule has 112 valence electrons. The number of ether oxygens (including phenoxy) is 1. The Morgan fingerprint density at radius 1 is 1.38 bits per heavy atom. The third kappa shape index (κ3) is 3.01. The summed E-state index contributed by atoms with van der Waals surface area (Å²) in [7, 11) is 1.61. The van der Waals surface area contributed by atoms with E-state index in [-0.39, 0.29) is 23.7 Å². The van der Waals surface area contributed by atoms with Gasteiger partial charge in [-0.25, -0.2) is 4.79 Å². The largest absolute Gasteiger partial charge is 0.497 e. The van der Waals surface area contributed by atoms with Crippen LogP contribution in [0.15, 0.2) is 24.3 Å². The number of hydrogen-bond donors (Lipinski definition) is 2. The Morgan fingerprint density at radius 2 is 2.14 bits per heavy atom. The van der Waals surface area contributed by atoms with Crippen molar-refractivity contribution in [2.24, 2.45) is 11.8 Å². The first-order chi connectivity index (χ1) is 10.1. The van der Waals surface area contributed by atoms with Gasteiger partial charge < -0.3 is 15.2 Å². The van der Waals surface area contributed by atoms with Crippen LogP contribution in [-0.4, -0.2) is 30.1 Å². The predicted molar refractivity (Wildman–Crippen MR) is 76.1 cm³/mol. The molecule has 3 rings (SSSR count). The number of benzene rings is 1. The predicted octanol–water partition coefficient (Wildman–Crippen LogP) is 1.78. The fraction of sp³-hybridized carbons (Fsp3) is 0.500. The van der Waals surface area contributed by atoms with Gasteiger partial charge in [0.15, 0.2) is 0 Å². The molecule has 0 saturated heterocycles. The highest BCUT2D eigenvalue weighted by molar-refractivity contribution is 5.87. The number of hydrogen-bond acceptors (Lipinski definition) is 3. The maximum atomic E-state index is 12.2. The Labute approximate surface area is 123 Å². The van der Waals surface area contributed by atoms with Crippen LogP contribution in [0.2, 0.25) is 0 Å². The summed E-state index contributed by atoms with van der Waals surface area (Å²) in [5.41, 5.74) is 1.08. The molecule has 2 fully saturated rings. The highest BCUT2D eigenvalue weighted by Gasteiger charge is 2.46. The number of carbonyl (C=O) groups is 2. The number of rotatable bonds is 6. The summed E-state index contributed by atoms with van der Waals surface area (Å²) in [5.74, 6) is -0.113. The van der Waals surface area contributed by atoms with E-state index >= 15 is 0 Å². The molecule has 0 aliphatic heterocycles. The van der Waals surface area contributed by atoms with Crippen LogP contribution >= 0.6 is 0 Å². The zero-order chi connectivity index (χ0) is 15.0. The summed E-state index contributed by atoms with van der Waals surface area (Å²) >= 11 is 0. The Bertz CT molecular complexity index is 567. The molecule has 0 radical (unpaired) electrons. The van der Waals surface area contributed by atoms with Gasteiger partial charge >= 0.3 is 5.97 Å². The van der Waals surface area contributed by atoms with Crippen molar-refractivity contribution in [3.63, 3.8) is 0 Å². The van der Waals surface area contributed by atoms with E-state index in [9.17, 15) is 9.59 Å². The van der Waals surface area contributed by atoms with E-state index in [4.69, 9.17) is 9.84 Å². The molecule has 2 aliphatic carbocycles. The van der Waals surface area contributed by atoms with Crippen molar-refractivity contribution >= 4 is 11.9 Å². The monoisotopic (exact) mass is 289 g/mol. The minimum absolute atomic E-state index is 0.112. The van der Waals surface area contributed by atoms with Gasteiger partial charge in [-0.3, -0.25) is 4.79 Å². The van der Waals surface area contributed by atoms with Gasteiger partial charge in [-0.2, -0.15) is 0 Å². The smallest absolute Gasteiger partial charge is 0.326 e. The van der Waals surface area contributed by atoms with Crippen LogP contribution in [0, 0.1) is 11.8 Å². The van der Waals surface area contributed by atoms with Crippen LogP contribution in [-0.2, 0) is 9.59 Å². The van der Waals surface area contributed by atoms with E-state index in [1.165, 1.54) is 0 Å². The average Bonchev–Trinajstić information content (AvgIpc) is 3.37. The molecule has 0 aromatic heterocycles. The molecule has 3 unspecified atom stereocenters. The summed E-state index contributed by atoms with van der Waals surface area (Å²) < 4.78 is 5.19. The molecule has 1 aromatic rings. The van der Waals surface area contributed by atoms with Crippen LogP contribution in [0.3, 0.4) is 0 Å². The fourth-order valence-electron chi connectivity index (χ4n) is 2.80. The normalized spacial score (nSPS) is 25.0. The first kappa shape index (κ1) is 13.9. The molecule has 1 aromatic carbocycles. The van der Waals surface area contributed by atoms with E-state index in [0.717, 1.165) is 30.6 Å². The zero-order valence-electron chi connectivity index (χ0n) is 11.9. The lowest BCUT2D eigenvalue weighted by Crippen LogP contribution is -2.43. The summed E-state index contributed by atoms with van der Waals surface area (Å²) in [6.07, 6.45) is 2.55. The number of carbonyl (C=O) groups excluding carboxylic acids is 1. The van der Waals surface area contributed by atoms with Crippen LogP contribution in [0.4, 0.5) is 0 Å². The number of nitrogens with one attached hydrogen (secondary N) is 1. The number of aliphatic carboxylic acids is 1. The van der Waals surface area contributed by atoms with E-state index in [1.807, 2.05) is 24.3 Å². The molecule has 0 bridgehead atoms. The van der Waals surface area contributed by atoms with Gasteiger partial charge in [-0.1, -0.05) is 12.1 Å². The lowest BCUT2D eigenvalue weighted by molar-refractivity contribution is -0.142. The van der Waals surface area contributed by atoms with E-state index in [2.05, 4.69) is 5.32 Å². The van der Waals surface area contributed by atoms with Crippen LogP contribution in [0.25, 0.3) is 0 Å². The second-order valence-corrected chi connectivity index (χ2v) is 5.89. The molecule has 0 heterocycles. The second-order valence-electron chi connectivity index (χ2n) is 5.89. The molecule has 5 nitrogen and oxygen atoms in total. The molecule has 0 spiro atoms. The Morgan fingerprint density at radius 3 is 2.76 bits per heavy atom. The molecular formula is C16H19NO4. The maximum absolute atomic E-state index is 12.2. The molecule has 1 amide bonds. The zero-order valence-corrected chi connectivity index (χ0v) is 11.9. The Balaban J connectivity index is 1.61. The lowest BCUT2D eigenvalue weighted by atomic mass is 10.1. The van der Waals surface area contributed by atoms with Gasteiger partial charge in [0.25, 0.3) is 0 Å². The van der Waals surface area contributed by atoms with Gasteiger partial charge in [0.2, 0.25) is 5.91 Å². The SMILES string of the molecule is COc1cccc(C2CC2C(=O)NC(C(=O)O)C2CC2)c1. The van der Waals surface area contributed by atoms with E-state index in [1.54, 1.807) is 7.11 Å². The summed E-state index contributed by atoms with van der Waals surface area (Å²) in [4.78, 5) is 23.3. The van der Waals surface area contributed by atoms with Crippen LogP contribution in [0.5, 0.6) is 5.75 Å². The molecular weight excluding hydrogens is 270 g/mol. The molecule has 2 aliphatic rings. The minimum Gasteiger partial charge on any atom is -0.497 e. The topological polar surface area (TPSA) is 75.6 Å². The molecule has 5 heteroatoms. The van der Waals surface area contributed by atoms with Crippen molar-refractivity contribution in [2.45, 2.75) is 31.2 Å². The first-order valence-electron chi connectivity index (χ1n) is 7.27. The fourth-order valence-corrected chi connectivity index (χ4v) is 2.80. The van der Waals surface area contributed by atoms with Crippen molar-refractivity contribution in [1.29, 1.82) is 0 Å². The average molecular weight is 289 g/mol. The third-order valence-corrected chi connectivity index (χ3v) is 4.31. The van der Waals surface area contributed by atoms with Gasteiger partial charge in [0.05, 0.1) is 7.11 Å². The van der Waals surface area contributed by atoms with Crippen molar-refractivity contribution in [1.82, 2.24) is 5.32 Å². The second kappa shape index (κ2) is 5.39. The number of carboxylic acid groups (broad SMARTS) is 1. The van der Waals surface area contributed by atoms with Gasteiger partial charge in [0.1, 0.15) is 11.8 Å². The third-order valence-electron chi connectivity index (χ3n) is 4.31. The number of carboxylic acids is 1. The van der Waals surface area contributed by atoms with Gasteiger partial charge in [-0.05, 0) is 48.8 Å². The van der Waals surface area contributed by atoms with E-state index < -0.39 is 12.0 Å². The van der Waals surface area contributed by atoms with Crippen molar-refractivity contribution in [3.8, 4) is 5.75 Å². The highest BCUT2D eigenvalue weighted by Crippen LogP contribution is 2.48. The number of amides is 1. The molecule has 3 atom stereocenters. The standard InChI is InChI=1S/C16H19NO4/c1-21-11-4-2-3-10(7-11)12-8-13(12)15(18)17-14(16(19)20)9-5-6-9/h2-4,7,9,12-14H,5-6,8H2,1H3,(H,17,18)(H,19,20). The molecule has 2 saturated carbocycles. The van der Waals surface area contributed by atoms with E-state index in [0.29, 0.717) is 0 Å². The molecule has 21 heavy (non-hydrogen) atoms. The molecule has 2 N–H and O–H groups in total. The van der Waals surface area contributed by atoms with Crippen molar-refractivity contribution < 1.29 is 19.4 Å². The highest BCUT2D eigenvalue weighted by atomic mass is 16.5. The Kier molecular flexibility index (Phi) is 3.57. The van der Waals surface area contributed by atoms with Gasteiger partial charge in [-0.15, -0.1) is 0 Å². The quantitative estimate of drug-likeness (QED) is 0.837. The summed E-state index contributed by atoms with van der Waals surface area (Å²) in [6.45, 7) is 0. The Hall–Kier alpha value is -2.04. The maximum Gasteiger partial charge on any atom is 0.326 e. The first-order valence-corrected chi connectivity index (χ1v) is 7.27. The van der Waals surface area contributed by atoms with Gasteiger partial charge in [0, 0.05) is 5.92 Å². The minimum atomic E-state index is -0.926. The van der Waals surface area contributed by atoms with Crippen molar-refractivity contribution in [2.75, 3.05) is 7.11 Å². The summed E-state index contributed by atoms with van der Waals surface area (Å²) in [6, 6.07) is 6.98. The van der Waals surface area contributed by atoms with Crippen LogP contribution in [0.1, 0.15) is 30.7 Å². The number of methoxy groups -OCH3 is 1. The summed E-state index contributed by atoms with van der Waals surface area (Å²) in [5, 5.41) is 11.9. The van der Waals surface area contributed by atoms with Crippen molar-refractivity contribution in [3.05, 3.63) is 29.8 Å².